The summed E-state index contributed by atoms with van der Waals surface area (Å²) in [5.74, 6) is 0.703. The van der Waals surface area contributed by atoms with Crippen LogP contribution in [0.5, 0.6) is 5.75 Å². The highest BCUT2D eigenvalue weighted by Gasteiger charge is 2.20. The molecular weight excluding hydrogens is 336 g/mol. The van der Waals surface area contributed by atoms with E-state index in [1.54, 1.807) is 17.7 Å². The minimum absolute atomic E-state index is 0.0526. The van der Waals surface area contributed by atoms with E-state index in [4.69, 9.17) is 4.74 Å². The topological polar surface area (TPSA) is 64.4 Å². The van der Waals surface area contributed by atoms with Gasteiger partial charge in [-0.25, -0.2) is 4.98 Å². The second kappa shape index (κ2) is 6.98. The molecule has 6 heteroatoms. The highest BCUT2D eigenvalue weighted by Crippen LogP contribution is 2.33. The lowest BCUT2D eigenvalue weighted by Crippen LogP contribution is -2.30. The first kappa shape index (κ1) is 16.3. The fourth-order valence-electron chi connectivity index (χ4n) is 3.30. The molecule has 0 unspecified atom stereocenters. The number of aryl methyl sites for hydroxylation is 2. The van der Waals surface area contributed by atoms with Gasteiger partial charge in [-0.1, -0.05) is 18.2 Å². The summed E-state index contributed by atoms with van der Waals surface area (Å²) in [4.78, 5) is 19.4. The monoisotopic (exact) mass is 356 g/mol. The zero-order chi connectivity index (χ0) is 17.2. The maximum Gasteiger partial charge on any atom is 0.262 e. The number of aliphatic hydroxyl groups is 1. The molecule has 0 aliphatic heterocycles. The Labute approximate surface area is 149 Å². The lowest BCUT2D eigenvalue weighted by Gasteiger charge is -2.14. The molecule has 0 bridgehead atoms. The molecule has 1 aliphatic rings. The summed E-state index contributed by atoms with van der Waals surface area (Å²) < 4.78 is 7.06. The predicted molar refractivity (Wildman–Crippen MR) is 98.5 cm³/mol. The normalized spacial score (nSPS) is 15.1. The Morgan fingerprint density at radius 3 is 2.88 bits per heavy atom. The van der Waals surface area contributed by atoms with E-state index in [9.17, 15) is 9.90 Å². The van der Waals surface area contributed by atoms with Crippen LogP contribution in [0.1, 0.15) is 23.3 Å². The molecular formula is C19H20N2O3S. The summed E-state index contributed by atoms with van der Waals surface area (Å²) in [5, 5.41) is 11.0. The molecule has 0 radical (unpaired) electrons. The summed E-state index contributed by atoms with van der Waals surface area (Å²) in [6.45, 7) is 0.315. The lowest BCUT2D eigenvalue weighted by molar-refractivity contribution is 0.0915. The maximum absolute atomic E-state index is 12.8. The number of hydrogen-bond acceptors (Lipinski definition) is 5. The fourth-order valence-corrected chi connectivity index (χ4v) is 4.52. The molecule has 2 aromatic heterocycles. The van der Waals surface area contributed by atoms with Gasteiger partial charge >= 0.3 is 0 Å². The van der Waals surface area contributed by atoms with Crippen molar-refractivity contribution < 1.29 is 9.84 Å². The highest BCUT2D eigenvalue weighted by molar-refractivity contribution is 7.18. The van der Waals surface area contributed by atoms with Gasteiger partial charge in [0.1, 0.15) is 23.3 Å². The van der Waals surface area contributed by atoms with Gasteiger partial charge < -0.3 is 9.84 Å². The van der Waals surface area contributed by atoms with Crippen molar-refractivity contribution in [1.29, 1.82) is 0 Å². The molecule has 1 aliphatic carbocycles. The van der Waals surface area contributed by atoms with Crippen LogP contribution >= 0.6 is 11.3 Å². The molecule has 0 saturated carbocycles. The van der Waals surface area contributed by atoms with Gasteiger partial charge in [-0.3, -0.25) is 9.36 Å². The van der Waals surface area contributed by atoms with Crippen LogP contribution in [0.2, 0.25) is 0 Å². The molecule has 25 heavy (non-hydrogen) atoms. The molecule has 0 fully saturated rings. The first-order valence-electron chi connectivity index (χ1n) is 8.58. The number of benzene rings is 1. The molecule has 0 spiro atoms. The Morgan fingerprint density at radius 1 is 1.24 bits per heavy atom. The molecule has 1 aromatic carbocycles. The number of hydrogen-bond donors (Lipinski definition) is 1. The minimum Gasteiger partial charge on any atom is -0.491 e. The van der Waals surface area contributed by atoms with Crippen molar-refractivity contribution in [1.82, 2.24) is 9.55 Å². The third-order valence-electron chi connectivity index (χ3n) is 4.53. The quantitative estimate of drug-likeness (QED) is 0.763. The zero-order valence-corrected chi connectivity index (χ0v) is 14.7. The van der Waals surface area contributed by atoms with Gasteiger partial charge in [-0.15, -0.1) is 11.3 Å². The number of nitrogens with zero attached hydrogens (tertiary/aromatic N) is 2. The average molecular weight is 356 g/mol. The van der Waals surface area contributed by atoms with Crippen LogP contribution in [0.4, 0.5) is 0 Å². The van der Waals surface area contributed by atoms with Crippen LogP contribution in [0.25, 0.3) is 10.2 Å². The molecule has 0 amide bonds. The number of fused-ring (bicyclic) bond motifs is 3. The Balaban J connectivity index is 1.53. The first-order valence-corrected chi connectivity index (χ1v) is 9.39. The standard InChI is InChI=1S/C19H20N2O3S/c22-13(11-24-14-6-2-1-3-7-14)10-21-12-20-18-17(19(21)23)15-8-4-5-9-16(15)25-18/h1-3,6-7,12-13,22H,4-5,8-11H2/t13-/m1/s1. The number of para-hydroxylation sites is 1. The van der Waals surface area contributed by atoms with Crippen molar-refractivity contribution in [3.05, 3.63) is 57.5 Å². The van der Waals surface area contributed by atoms with Crippen LogP contribution in [-0.4, -0.2) is 27.4 Å². The van der Waals surface area contributed by atoms with Crippen molar-refractivity contribution >= 4 is 21.6 Å². The SMILES string of the molecule is O=c1c2c3c(sc2ncn1C[C@@H](O)COc1ccccc1)CCCC3. The Kier molecular flexibility index (Phi) is 4.55. The van der Waals surface area contributed by atoms with Crippen molar-refractivity contribution in [3.63, 3.8) is 0 Å². The third kappa shape index (κ3) is 3.32. The van der Waals surface area contributed by atoms with E-state index in [-0.39, 0.29) is 18.7 Å². The van der Waals surface area contributed by atoms with Crippen molar-refractivity contribution in [2.75, 3.05) is 6.61 Å². The van der Waals surface area contributed by atoms with Gasteiger partial charge in [0.2, 0.25) is 0 Å². The molecule has 130 valence electrons. The number of rotatable bonds is 5. The van der Waals surface area contributed by atoms with Crippen molar-refractivity contribution in [2.24, 2.45) is 0 Å². The molecule has 0 saturated heterocycles. The Hall–Kier alpha value is -2.18. The molecule has 1 N–H and O–H groups in total. The number of thiophene rings is 1. The van der Waals surface area contributed by atoms with Gasteiger partial charge in [-0.05, 0) is 43.4 Å². The van der Waals surface area contributed by atoms with E-state index in [1.807, 2.05) is 30.3 Å². The van der Waals surface area contributed by atoms with Gasteiger partial charge in [0.25, 0.3) is 5.56 Å². The van der Waals surface area contributed by atoms with E-state index >= 15 is 0 Å². The molecule has 2 heterocycles. The van der Waals surface area contributed by atoms with Crippen LogP contribution in [0.3, 0.4) is 0 Å². The molecule has 5 nitrogen and oxygen atoms in total. The van der Waals surface area contributed by atoms with Gasteiger partial charge in [0.05, 0.1) is 18.3 Å². The summed E-state index contributed by atoms with van der Waals surface area (Å²) in [7, 11) is 0. The smallest absolute Gasteiger partial charge is 0.262 e. The largest absolute Gasteiger partial charge is 0.491 e. The van der Waals surface area contributed by atoms with E-state index in [0.29, 0.717) is 5.75 Å². The van der Waals surface area contributed by atoms with Crippen molar-refractivity contribution in [3.8, 4) is 5.75 Å². The second-order valence-electron chi connectivity index (χ2n) is 6.37. The van der Waals surface area contributed by atoms with Crippen LogP contribution in [0.15, 0.2) is 41.5 Å². The minimum atomic E-state index is -0.772. The molecule has 4 rings (SSSR count). The highest BCUT2D eigenvalue weighted by atomic mass is 32.1. The lowest BCUT2D eigenvalue weighted by atomic mass is 9.97. The molecule has 3 aromatic rings. The summed E-state index contributed by atoms with van der Waals surface area (Å²) in [6.07, 6.45) is 5.08. The van der Waals surface area contributed by atoms with E-state index in [2.05, 4.69) is 4.98 Å². The second-order valence-corrected chi connectivity index (χ2v) is 7.45. The van der Waals surface area contributed by atoms with E-state index in [1.165, 1.54) is 21.4 Å². The van der Waals surface area contributed by atoms with Gasteiger partial charge in [-0.2, -0.15) is 0 Å². The summed E-state index contributed by atoms with van der Waals surface area (Å²) >= 11 is 1.64. The number of aromatic nitrogens is 2. The fraction of sp³-hybridized carbons (Fsp3) is 0.368. The Morgan fingerprint density at radius 2 is 2.04 bits per heavy atom. The summed E-state index contributed by atoms with van der Waals surface area (Å²) in [6, 6.07) is 9.34. The average Bonchev–Trinajstić information content (AvgIpc) is 3.02. The molecule has 1 atom stereocenters. The first-order chi connectivity index (χ1) is 12.2. The predicted octanol–water partition coefficient (Wildman–Crippen LogP) is 2.78. The van der Waals surface area contributed by atoms with E-state index < -0.39 is 6.10 Å². The van der Waals surface area contributed by atoms with Gasteiger partial charge in [0, 0.05) is 4.88 Å². The number of aliphatic hydroxyl groups excluding tert-OH is 1. The van der Waals surface area contributed by atoms with Crippen LogP contribution in [-0.2, 0) is 19.4 Å². The van der Waals surface area contributed by atoms with Gasteiger partial charge in [0.15, 0.2) is 0 Å². The van der Waals surface area contributed by atoms with Crippen LogP contribution in [0, 0.1) is 0 Å². The van der Waals surface area contributed by atoms with E-state index in [0.717, 1.165) is 29.5 Å². The summed E-state index contributed by atoms with van der Waals surface area (Å²) in [5.41, 5.74) is 1.12. The third-order valence-corrected chi connectivity index (χ3v) is 5.73. The Bertz CT molecular complexity index is 933. The maximum atomic E-state index is 12.8. The van der Waals surface area contributed by atoms with Crippen LogP contribution < -0.4 is 10.3 Å². The van der Waals surface area contributed by atoms with Crippen molar-refractivity contribution in [2.45, 2.75) is 38.3 Å². The number of ether oxygens (including phenoxy) is 1. The zero-order valence-electron chi connectivity index (χ0n) is 13.9.